The first-order valence-corrected chi connectivity index (χ1v) is 9.57. The number of alkyl carbamates (subject to hydrolysis) is 1. The first-order chi connectivity index (χ1) is 13.2. The van der Waals surface area contributed by atoms with Gasteiger partial charge in [0.1, 0.15) is 12.1 Å². The highest BCUT2D eigenvalue weighted by Crippen LogP contribution is 2.25. The lowest BCUT2D eigenvalue weighted by Crippen LogP contribution is -2.37. The molecular weight excluding hydrogens is 358 g/mol. The van der Waals surface area contributed by atoms with E-state index < -0.39 is 17.6 Å². The maximum Gasteiger partial charge on any atom is 0.408 e. The summed E-state index contributed by atoms with van der Waals surface area (Å²) in [6.45, 7) is 5.02. The Morgan fingerprint density at radius 2 is 1.75 bits per heavy atom. The minimum Gasteiger partial charge on any atom is -0.444 e. The molecule has 0 heterocycles. The number of carbonyl (C=O) groups excluding carboxylic acids is 3. The van der Waals surface area contributed by atoms with Crippen LogP contribution in [-0.4, -0.2) is 30.1 Å². The lowest BCUT2D eigenvalue weighted by Gasteiger charge is -2.19. The van der Waals surface area contributed by atoms with Crippen molar-refractivity contribution in [2.45, 2.75) is 52.1 Å². The molecule has 0 bridgehead atoms. The third kappa shape index (κ3) is 8.24. The van der Waals surface area contributed by atoms with Gasteiger partial charge in [-0.3, -0.25) is 9.59 Å². The Balaban J connectivity index is 1.80. The number of allylic oxidation sites excluding steroid dienone is 1. The second-order valence-electron chi connectivity index (χ2n) is 7.88. The number of anilines is 2. The van der Waals surface area contributed by atoms with Crippen molar-refractivity contribution in [3.8, 4) is 0 Å². The zero-order valence-electron chi connectivity index (χ0n) is 16.7. The average Bonchev–Trinajstić information content (AvgIpc) is 3.11. The van der Waals surface area contributed by atoms with Crippen LogP contribution in [0.1, 0.15) is 46.5 Å². The van der Waals surface area contributed by atoms with Crippen LogP contribution in [0.4, 0.5) is 16.2 Å². The van der Waals surface area contributed by atoms with Gasteiger partial charge in [-0.15, -0.1) is 0 Å². The van der Waals surface area contributed by atoms with Crippen molar-refractivity contribution >= 4 is 29.3 Å². The summed E-state index contributed by atoms with van der Waals surface area (Å²) >= 11 is 0. The van der Waals surface area contributed by atoms with Crippen LogP contribution in [0.2, 0.25) is 0 Å². The smallest absolute Gasteiger partial charge is 0.408 e. The van der Waals surface area contributed by atoms with E-state index in [9.17, 15) is 14.4 Å². The molecule has 0 unspecified atom stereocenters. The minimum absolute atomic E-state index is 0.193. The van der Waals surface area contributed by atoms with Crippen molar-refractivity contribution in [2.24, 2.45) is 5.92 Å². The number of ether oxygens (including phenoxy) is 1. The van der Waals surface area contributed by atoms with Crippen LogP contribution in [0.15, 0.2) is 36.4 Å². The first kappa shape index (κ1) is 21.5. The van der Waals surface area contributed by atoms with Gasteiger partial charge in [-0.25, -0.2) is 4.79 Å². The third-order valence-electron chi connectivity index (χ3n) is 4.13. The van der Waals surface area contributed by atoms with E-state index in [1.807, 2.05) is 6.08 Å². The van der Waals surface area contributed by atoms with Crippen LogP contribution < -0.4 is 16.0 Å². The molecule has 0 aliphatic heterocycles. The molecule has 0 radical (unpaired) electrons. The van der Waals surface area contributed by atoms with Crippen molar-refractivity contribution in [1.82, 2.24) is 5.32 Å². The van der Waals surface area contributed by atoms with Gasteiger partial charge >= 0.3 is 6.09 Å². The molecule has 1 aliphatic carbocycles. The van der Waals surface area contributed by atoms with Crippen LogP contribution in [-0.2, 0) is 14.3 Å². The average molecular weight is 387 g/mol. The number of amides is 3. The molecule has 1 aromatic carbocycles. The van der Waals surface area contributed by atoms with Gasteiger partial charge in [-0.05, 0) is 63.8 Å². The summed E-state index contributed by atoms with van der Waals surface area (Å²) in [5.74, 6) is -0.0914. The van der Waals surface area contributed by atoms with Crippen LogP contribution in [0.5, 0.6) is 0 Å². The van der Waals surface area contributed by atoms with E-state index in [1.54, 1.807) is 51.1 Å². The lowest BCUT2D eigenvalue weighted by molar-refractivity contribution is -0.115. The van der Waals surface area contributed by atoms with Crippen molar-refractivity contribution < 1.29 is 19.1 Å². The number of hydrogen-bond acceptors (Lipinski definition) is 4. The Kier molecular flexibility index (Phi) is 7.61. The molecule has 0 saturated heterocycles. The molecule has 3 amide bonds. The summed E-state index contributed by atoms with van der Waals surface area (Å²) in [5.41, 5.74) is 0.479. The quantitative estimate of drug-likeness (QED) is 0.646. The van der Waals surface area contributed by atoms with Gasteiger partial charge in [0.2, 0.25) is 11.8 Å². The molecule has 7 nitrogen and oxygen atoms in total. The van der Waals surface area contributed by atoms with Gasteiger partial charge in [0.25, 0.3) is 0 Å². The molecule has 0 atom stereocenters. The van der Waals surface area contributed by atoms with Gasteiger partial charge in [-0.2, -0.15) is 0 Å². The highest BCUT2D eigenvalue weighted by Gasteiger charge is 2.16. The standard InChI is InChI=1S/C21H29N3O4/c1-21(2,3)28-20(27)22-14-19(26)24-17-10-6-9-16(13-17)23-18(25)12-11-15-7-4-5-8-15/h6,9-13,15H,4-5,7-8,14H2,1-3H3,(H,22,27)(H,23,25)(H,24,26)/b12-11+. The Morgan fingerprint density at radius 3 is 2.39 bits per heavy atom. The number of carbonyl (C=O) groups is 3. The molecule has 1 aromatic rings. The predicted octanol–water partition coefficient (Wildman–Crippen LogP) is 3.83. The van der Waals surface area contributed by atoms with E-state index in [4.69, 9.17) is 4.74 Å². The molecule has 28 heavy (non-hydrogen) atoms. The van der Waals surface area contributed by atoms with Gasteiger partial charge < -0.3 is 20.7 Å². The fourth-order valence-corrected chi connectivity index (χ4v) is 2.90. The van der Waals surface area contributed by atoms with E-state index in [0.717, 1.165) is 12.8 Å². The number of benzene rings is 1. The van der Waals surface area contributed by atoms with Gasteiger partial charge in [0.05, 0.1) is 0 Å². The molecule has 3 N–H and O–H groups in total. The van der Waals surface area contributed by atoms with E-state index in [-0.39, 0.29) is 12.5 Å². The molecule has 152 valence electrons. The van der Waals surface area contributed by atoms with E-state index in [0.29, 0.717) is 17.3 Å². The highest BCUT2D eigenvalue weighted by molar-refractivity contribution is 6.00. The Morgan fingerprint density at radius 1 is 1.11 bits per heavy atom. The zero-order valence-corrected chi connectivity index (χ0v) is 16.7. The topological polar surface area (TPSA) is 96.5 Å². The number of rotatable bonds is 6. The maximum atomic E-state index is 12.0. The predicted molar refractivity (Wildman–Crippen MR) is 109 cm³/mol. The number of hydrogen-bond donors (Lipinski definition) is 3. The summed E-state index contributed by atoms with van der Waals surface area (Å²) < 4.78 is 5.08. The van der Waals surface area contributed by atoms with E-state index in [2.05, 4.69) is 16.0 Å². The lowest BCUT2D eigenvalue weighted by atomic mass is 10.1. The van der Waals surface area contributed by atoms with Crippen molar-refractivity contribution in [3.05, 3.63) is 36.4 Å². The van der Waals surface area contributed by atoms with Gasteiger partial charge in [-0.1, -0.05) is 25.0 Å². The van der Waals surface area contributed by atoms with Crippen molar-refractivity contribution in [2.75, 3.05) is 17.2 Å². The third-order valence-corrected chi connectivity index (χ3v) is 4.13. The summed E-state index contributed by atoms with van der Waals surface area (Å²) in [6, 6.07) is 6.84. The first-order valence-electron chi connectivity index (χ1n) is 9.57. The van der Waals surface area contributed by atoms with E-state index in [1.165, 1.54) is 12.8 Å². The summed E-state index contributed by atoms with van der Waals surface area (Å²) in [6.07, 6.45) is 7.62. The minimum atomic E-state index is -0.655. The Hall–Kier alpha value is -2.83. The van der Waals surface area contributed by atoms with Crippen LogP contribution in [0.25, 0.3) is 0 Å². The Bertz CT molecular complexity index is 731. The van der Waals surface area contributed by atoms with Crippen molar-refractivity contribution in [3.63, 3.8) is 0 Å². The molecule has 0 aromatic heterocycles. The molecule has 7 heteroatoms. The summed E-state index contributed by atoms with van der Waals surface area (Å²) in [4.78, 5) is 35.6. The normalized spacial score (nSPS) is 14.7. The summed E-state index contributed by atoms with van der Waals surface area (Å²) in [7, 11) is 0. The van der Waals surface area contributed by atoms with Gasteiger partial charge in [0.15, 0.2) is 0 Å². The SMILES string of the molecule is CC(C)(C)OC(=O)NCC(=O)Nc1cccc(NC(=O)/C=C/C2CCCC2)c1. The fraction of sp³-hybridized carbons (Fsp3) is 0.476. The zero-order chi connectivity index (χ0) is 20.6. The second kappa shape index (κ2) is 9.92. The van der Waals surface area contributed by atoms with Crippen LogP contribution in [0, 0.1) is 5.92 Å². The maximum absolute atomic E-state index is 12.0. The molecule has 2 rings (SSSR count). The monoisotopic (exact) mass is 387 g/mol. The molecule has 1 fully saturated rings. The van der Waals surface area contributed by atoms with Crippen molar-refractivity contribution in [1.29, 1.82) is 0 Å². The highest BCUT2D eigenvalue weighted by atomic mass is 16.6. The molecule has 1 aliphatic rings. The summed E-state index contributed by atoms with van der Waals surface area (Å²) in [5, 5.41) is 7.86. The van der Waals surface area contributed by atoms with Gasteiger partial charge in [0, 0.05) is 11.4 Å². The number of nitrogens with one attached hydrogen (secondary N) is 3. The van der Waals surface area contributed by atoms with Crippen LogP contribution >= 0.6 is 0 Å². The second-order valence-corrected chi connectivity index (χ2v) is 7.88. The largest absolute Gasteiger partial charge is 0.444 e. The molecule has 1 saturated carbocycles. The molecular formula is C21H29N3O4. The van der Waals surface area contributed by atoms with Crippen LogP contribution in [0.3, 0.4) is 0 Å². The Labute approximate surface area is 165 Å². The fourth-order valence-electron chi connectivity index (χ4n) is 2.90. The van der Waals surface area contributed by atoms with E-state index >= 15 is 0 Å². The molecule has 0 spiro atoms.